The molecule has 5 nitrogen and oxygen atoms in total. The molecule has 0 atom stereocenters. The highest BCUT2D eigenvalue weighted by Crippen LogP contribution is 2.30. The summed E-state index contributed by atoms with van der Waals surface area (Å²) >= 11 is 0. The minimum Gasteiger partial charge on any atom is -0.331 e. The summed E-state index contributed by atoms with van der Waals surface area (Å²) in [5, 5.41) is 8.22. The first-order valence-electron chi connectivity index (χ1n) is 8.54. The van der Waals surface area contributed by atoms with Gasteiger partial charge in [0, 0.05) is 24.7 Å². The second-order valence-corrected chi connectivity index (χ2v) is 6.40. The van der Waals surface area contributed by atoms with Crippen LogP contribution in [0.4, 0.5) is 4.39 Å². The highest BCUT2D eigenvalue weighted by atomic mass is 19.1. The number of halogens is 1. The lowest BCUT2D eigenvalue weighted by molar-refractivity contribution is 0.0730. The Labute approximate surface area is 145 Å². The second-order valence-electron chi connectivity index (χ2n) is 6.40. The Morgan fingerprint density at radius 1 is 1.28 bits per heavy atom. The normalized spacial score (nSPS) is 14.0. The molecule has 0 N–H and O–H groups in total. The van der Waals surface area contributed by atoms with Crippen molar-refractivity contribution in [2.75, 3.05) is 0 Å². The van der Waals surface area contributed by atoms with E-state index in [2.05, 4.69) is 10.3 Å². The molecule has 128 valence electrons. The van der Waals surface area contributed by atoms with Gasteiger partial charge >= 0.3 is 0 Å². The number of aryl methyl sites for hydroxylation is 1. The van der Waals surface area contributed by atoms with Crippen molar-refractivity contribution in [3.05, 3.63) is 59.4 Å². The Kier molecular flexibility index (Phi) is 3.95. The number of hydrogen-bond donors (Lipinski definition) is 0. The van der Waals surface area contributed by atoms with Gasteiger partial charge in [0.05, 0.1) is 5.52 Å². The van der Waals surface area contributed by atoms with Crippen LogP contribution in [-0.2, 0) is 13.1 Å². The molecule has 4 rings (SSSR count). The van der Waals surface area contributed by atoms with Gasteiger partial charge < -0.3 is 4.90 Å². The molecule has 1 amide bonds. The van der Waals surface area contributed by atoms with Gasteiger partial charge in [-0.2, -0.15) is 0 Å². The van der Waals surface area contributed by atoms with E-state index in [-0.39, 0.29) is 17.8 Å². The molecule has 2 aromatic carbocycles. The van der Waals surface area contributed by atoms with Crippen LogP contribution in [0.25, 0.3) is 11.0 Å². The summed E-state index contributed by atoms with van der Waals surface area (Å²) in [6.07, 6.45) is 1.99. The van der Waals surface area contributed by atoms with Crippen molar-refractivity contribution in [3.63, 3.8) is 0 Å². The minimum atomic E-state index is -0.279. The van der Waals surface area contributed by atoms with Gasteiger partial charge in [-0.15, -0.1) is 5.10 Å². The van der Waals surface area contributed by atoms with Crippen molar-refractivity contribution in [3.8, 4) is 0 Å². The molecule has 1 aromatic heterocycles. The van der Waals surface area contributed by atoms with Gasteiger partial charge in [-0.05, 0) is 55.7 Å². The molecule has 1 fully saturated rings. The third-order valence-corrected chi connectivity index (χ3v) is 4.55. The number of amides is 1. The van der Waals surface area contributed by atoms with Crippen LogP contribution in [0.15, 0.2) is 42.5 Å². The van der Waals surface area contributed by atoms with E-state index in [0.717, 1.165) is 30.5 Å². The first-order chi connectivity index (χ1) is 12.2. The molecule has 0 bridgehead atoms. The number of carbonyl (C=O) groups is 1. The summed E-state index contributed by atoms with van der Waals surface area (Å²) < 4.78 is 15.2. The monoisotopic (exact) mass is 338 g/mol. The predicted molar refractivity (Wildman–Crippen MR) is 92.5 cm³/mol. The standard InChI is InChI=1S/C19H19FN4O/c1-2-24-18-9-6-14(11-17(18)21-22-24)19(25)23(16-7-8-16)12-13-4-3-5-15(20)10-13/h3-6,9-11,16H,2,7-8,12H2,1H3. The summed E-state index contributed by atoms with van der Waals surface area (Å²) in [4.78, 5) is 14.8. The summed E-state index contributed by atoms with van der Waals surface area (Å²) in [7, 11) is 0. The zero-order valence-electron chi connectivity index (χ0n) is 14.0. The molecule has 3 aromatic rings. The predicted octanol–water partition coefficient (Wildman–Crippen LogP) is 3.40. The smallest absolute Gasteiger partial charge is 0.254 e. The molecule has 0 saturated heterocycles. The van der Waals surface area contributed by atoms with Gasteiger partial charge in [0.25, 0.3) is 5.91 Å². The molecule has 0 spiro atoms. The molecular weight excluding hydrogens is 319 g/mol. The average molecular weight is 338 g/mol. The number of nitrogens with zero attached hydrogens (tertiary/aromatic N) is 4. The molecular formula is C19H19FN4O. The Balaban J connectivity index is 1.62. The molecule has 0 unspecified atom stereocenters. The van der Waals surface area contributed by atoms with Crippen LogP contribution in [0.3, 0.4) is 0 Å². The van der Waals surface area contributed by atoms with Crippen molar-refractivity contribution in [2.24, 2.45) is 0 Å². The first-order valence-corrected chi connectivity index (χ1v) is 8.54. The second kappa shape index (κ2) is 6.27. The quantitative estimate of drug-likeness (QED) is 0.716. The first kappa shape index (κ1) is 15.7. The fourth-order valence-corrected chi connectivity index (χ4v) is 3.09. The summed E-state index contributed by atoms with van der Waals surface area (Å²) in [5.74, 6) is -0.321. The van der Waals surface area contributed by atoms with Crippen molar-refractivity contribution >= 4 is 16.9 Å². The Bertz CT molecular complexity index is 932. The Morgan fingerprint density at radius 3 is 2.84 bits per heavy atom. The molecule has 6 heteroatoms. The largest absolute Gasteiger partial charge is 0.331 e. The van der Waals surface area contributed by atoms with Crippen LogP contribution in [-0.4, -0.2) is 31.8 Å². The maximum absolute atomic E-state index is 13.4. The lowest BCUT2D eigenvalue weighted by atomic mass is 10.1. The maximum atomic E-state index is 13.4. The third-order valence-electron chi connectivity index (χ3n) is 4.55. The maximum Gasteiger partial charge on any atom is 0.254 e. The number of rotatable bonds is 5. The zero-order valence-corrected chi connectivity index (χ0v) is 14.0. The van der Waals surface area contributed by atoms with Crippen molar-refractivity contribution in [1.29, 1.82) is 0 Å². The number of hydrogen-bond acceptors (Lipinski definition) is 3. The van der Waals surface area contributed by atoms with Crippen LogP contribution in [0.5, 0.6) is 0 Å². The van der Waals surface area contributed by atoms with Crippen LogP contribution in [0, 0.1) is 5.82 Å². The van der Waals surface area contributed by atoms with E-state index in [1.54, 1.807) is 16.8 Å². The third kappa shape index (κ3) is 3.12. The fraction of sp³-hybridized carbons (Fsp3) is 0.316. The summed E-state index contributed by atoms with van der Waals surface area (Å²) in [5.41, 5.74) is 3.04. The number of benzene rings is 2. The molecule has 25 heavy (non-hydrogen) atoms. The van der Waals surface area contributed by atoms with Crippen LogP contribution >= 0.6 is 0 Å². The molecule has 1 aliphatic carbocycles. The van der Waals surface area contributed by atoms with Gasteiger partial charge in [-0.25, -0.2) is 9.07 Å². The van der Waals surface area contributed by atoms with E-state index in [0.29, 0.717) is 17.6 Å². The Hall–Kier alpha value is -2.76. The van der Waals surface area contributed by atoms with E-state index in [1.807, 2.05) is 30.0 Å². The lowest BCUT2D eigenvalue weighted by Crippen LogP contribution is -2.32. The van der Waals surface area contributed by atoms with Crippen molar-refractivity contribution in [2.45, 2.75) is 38.9 Å². The highest BCUT2D eigenvalue weighted by Gasteiger charge is 2.33. The van der Waals surface area contributed by atoms with Crippen LogP contribution < -0.4 is 0 Å². The molecule has 0 radical (unpaired) electrons. The minimum absolute atomic E-state index is 0.0419. The fourth-order valence-electron chi connectivity index (χ4n) is 3.09. The van der Waals surface area contributed by atoms with Crippen molar-refractivity contribution in [1.82, 2.24) is 19.9 Å². The number of aromatic nitrogens is 3. The summed E-state index contributed by atoms with van der Waals surface area (Å²) in [6, 6.07) is 12.2. The SMILES string of the molecule is CCn1nnc2cc(C(=O)N(Cc3cccc(F)c3)C3CC3)ccc21. The van der Waals surface area contributed by atoms with E-state index in [4.69, 9.17) is 0 Å². The number of fused-ring (bicyclic) bond motifs is 1. The van der Waals surface area contributed by atoms with Crippen molar-refractivity contribution < 1.29 is 9.18 Å². The highest BCUT2D eigenvalue weighted by molar-refractivity contribution is 5.97. The van der Waals surface area contributed by atoms with Gasteiger partial charge in [-0.3, -0.25) is 4.79 Å². The lowest BCUT2D eigenvalue weighted by Gasteiger charge is -2.22. The molecule has 0 aliphatic heterocycles. The molecule has 1 aliphatic rings. The number of carbonyl (C=O) groups excluding carboxylic acids is 1. The summed E-state index contributed by atoms with van der Waals surface area (Å²) in [6.45, 7) is 3.15. The average Bonchev–Trinajstić information content (AvgIpc) is 3.38. The van der Waals surface area contributed by atoms with E-state index >= 15 is 0 Å². The van der Waals surface area contributed by atoms with Crippen LogP contribution in [0.1, 0.15) is 35.7 Å². The van der Waals surface area contributed by atoms with Gasteiger partial charge in [-0.1, -0.05) is 17.3 Å². The Morgan fingerprint density at radius 2 is 2.12 bits per heavy atom. The van der Waals surface area contributed by atoms with Gasteiger partial charge in [0.1, 0.15) is 11.3 Å². The molecule has 1 heterocycles. The zero-order chi connectivity index (χ0) is 17.4. The van der Waals surface area contributed by atoms with E-state index in [1.165, 1.54) is 12.1 Å². The molecule has 1 saturated carbocycles. The van der Waals surface area contributed by atoms with Gasteiger partial charge in [0.2, 0.25) is 0 Å². The van der Waals surface area contributed by atoms with E-state index in [9.17, 15) is 9.18 Å². The van der Waals surface area contributed by atoms with Gasteiger partial charge in [0.15, 0.2) is 0 Å². The topological polar surface area (TPSA) is 51.0 Å². The van der Waals surface area contributed by atoms with E-state index < -0.39 is 0 Å². The van der Waals surface area contributed by atoms with Crippen LogP contribution in [0.2, 0.25) is 0 Å².